The minimum Gasteiger partial charge on any atom is -0.474 e. The summed E-state index contributed by atoms with van der Waals surface area (Å²) < 4.78 is 21.6. The third-order valence-electron chi connectivity index (χ3n) is 3.55. The van der Waals surface area contributed by atoms with Crippen LogP contribution in [0.3, 0.4) is 0 Å². The average Bonchev–Trinajstić information content (AvgIpc) is 3.14. The second-order valence-corrected chi connectivity index (χ2v) is 5.58. The van der Waals surface area contributed by atoms with E-state index < -0.39 is 5.97 Å². The van der Waals surface area contributed by atoms with E-state index in [1.807, 2.05) is 19.9 Å². The first-order chi connectivity index (χ1) is 12.1. The topological polar surface area (TPSA) is 78.9 Å². The minimum atomic E-state index is -0.545. The second-order valence-electron chi connectivity index (χ2n) is 5.58. The number of rotatable bonds is 6. The van der Waals surface area contributed by atoms with E-state index in [0.29, 0.717) is 29.8 Å². The monoisotopic (exact) mass is 342 g/mol. The van der Waals surface area contributed by atoms with E-state index in [-0.39, 0.29) is 23.5 Å². The van der Waals surface area contributed by atoms with E-state index in [1.165, 1.54) is 6.26 Å². The molecule has 0 aliphatic heterocycles. The van der Waals surface area contributed by atoms with E-state index in [9.17, 15) is 9.59 Å². The summed E-state index contributed by atoms with van der Waals surface area (Å²) in [6.45, 7) is 3.69. The zero-order chi connectivity index (χ0) is 17.8. The Morgan fingerprint density at radius 2 is 2.08 bits per heavy atom. The number of hydrogen-bond donors (Lipinski definition) is 0. The Bertz CT molecular complexity index is 936. The van der Waals surface area contributed by atoms with Gasteiger partial charge in [-0.25, -0.2) is 4.79 Å². The first-order valence-electron chi connectivity index (χ1n) is 8.00. The molecule has 0 unspecified atom stereocenters. The lowest BCUT2D eigenvalue weighted by molar-refractivity contribution is -0.146. The molecule has 0 amide bonds. The molecule has 1 aromatic carbocycles. The van der Waals surface area contributed by atoms with E-state index in [2.05, 4.69) is 0 Å². The van der Waals surface area contributed by atoms with Gasteiger partial charge in [-0.2, -0.15) is 0 Å². The molecule has 0 N–H and O–H groups in total. The van der Waals surface area contributed by atoms with Crippen molar-refractivity contribution in [2.24, 2.45) is 0 Å². The van der Waals surface area contributed by atoms with E-state index in [1.54, 1.807) is 24.3 Å². The van der Waals surface area contributed by atoms with Crippen molar-refractivity contribution in [3.8, 4) is 17.3 Å². The van der Waals surface area contributed by atoms with Gasteiger partial charge >= 0.3 is 5.97 Å². The molecular formula is C19H18O6. The molecule has 0 fully saturated rings. The Hall–Kier alpha value is -3.02. The number of carbonyl (C=O) groups excluding carboxylic acids is 1. The highest BCUT2D eigenvalue weighted by Crippen LogP contribution is 2.31. The molecule has 6 nitrogen and oxygen atoms in total. The Morgan fingerprint density at radius 3 is 2.80 bits per heavy atom. The fraction of sp³-hybridized carbons (Fsp3) is 0.263. The third-order valence-corrected chi connectivity index (χ3v) is 3.55. The van der Waals surface area contributed by atoms with Crippen LogP contribution in [0, 0.1) is 6.92 Å². The molecule has 25 heavy (non-hydrogen) atoms. The van der Waals surface area contributed by atoms with Crippen molar-refractivity contribution in [1.29, 1.82) is 0 Å². The smallest absolute Gasteiger partial charge is 0.344 e. The summed E-state index contributed by atoms with van der Waals surface area (Å²) in [7, 11) is 0. The molecule has 0 saturated heterocycles. The second kappa shape index (κ2) is 7.25. The number of aryl methyl sites for hydroxylation is 1. The highest BCUT2D eigenvalue weighted by Gasteiger charge is 2.20. The van der Waals surface area contributed by atoms with Gasteiger partial charge < -0.3 is 18.3 Å². The summed E-state index contributed by atoms with van der Waals surface area (Å²) in [5.74, 6) is -0.122. The Morgan fingerprint density at radius 1 is 1.24 bits per heavy atom. The number of ether oxygens (including phenoxy) is 2. The average molecular weight is 342 g/mol. The van der Waals surface area contributed by atoms with Crippen LogP contribution in [-0.4, -0.2) is 19.2 Å². The summed E-state index contributed by atoms with van der Waals surface area (Å²) in [5.41, 5.74) is 0.974. The van der Waals surface area contributed by atoms with Gasteiger partial charge in [0.1, 0.15) is 5.58 Å². The van der Waals surface area contributed by atoms with Crippen molar-refractivity contribution >= 4 is 16.9 Å². The van der Waals surface area contributed by atoms with Gasteiger partial charge in [-0.3, -0.25) is 4.79 Å². The lowest BCUT2D eigenvalue weighted by atomic mass is 10.1. The largest absolute Gasteiger partial charge is 0.474 e. The number of fused-ring (bicyclic) bond motifs is 1. The molecule has 2 aromatic heterocycles. The van der Waals surface area contributed by atoms with Crippen LogP contribution in [0.2, 0.25) is 0 Å². The summed E-state index contributed by atoms with van der Waals surface area (Å²) in [6.07, 6.45) is 2.18. The summed E-state index contributed by atoms with van der Waals surface area (Å²) in [5, 5.41) is 0.382. The van der Waals surface area contributed by atoms with Crippen molar-refractivity contribution in [1.82, 2.24) is 0 Å². The van der Waals surface area contributed by atoms with Crippen molar-refractivity contribution in [3.05, 3.63) is 52.4 Å². The van der Waals surface area contributed by atoms with Crippen LogP contribution in [0.15, 0.2) is 50.2 Å². The van der Waals surface area contributed by atoms with Gasteiger partial charge in [-0.1, -0.05) is 18.6 Å². The summed E-state index contributed by atoms with van der Waals surface area (Å²) >= 11 is 0. The standard InChI is InChI=1S/C19H18O6/c1-3-8-23-16(20)11-24-19-17(21)13-10-12(2)6-7-14(13)25-18(19)15-5-4-9-22-15/h4-7,9-10H,3,8,11H2,1-2H3. The first kappa shape index (κ1) is 16.8. The highest BCUT2D eigenvalue weighted by molar-refractivity contribution is 5.82. The number of benzene rings is 1. The molecule has 130 valence electrons. The van der Waals surface area contributed by atoms with Gasteiger partial charge in [0.05, 0.1) is 18.3 Å². The number of carbonyl (C=O) groups is 1. The van der Waals surface area contributed by atoms with Crippen LogP contribution in [0.5, 0.6) is 5.75 Å². The Labute approximate surface area is 144 Å². The number of hydrogen-bond acceptors (Lipinski definition) is 6. The van der Waals surface area contributed by atoms with Crippen LogP contribution in [0.1, 0.15) is 18.9 Å². The summed E-state index contributed by atoms with van der Waals surface area (Å²) in [4.78, 5) is 24.5. The predicted octanol–water partition coefficient (Wildman–Crippen LogP) is 3.69. The van der Waals surface area contributed by atoms with Crippen LogP contribution < -0.4 is 10.2 Å². The van der Waals surface area contributed by atoms with E-state index >= 15 is 0 Å². The van der Waals surface area contributed by atoms with Gasteiger partial charge in [0.15, 0.2) is 12.4 Å². The van der Waals surface area contributed by atoms with Crippen molar-refractivity contribution < 1.29 is 23.1 Å². The fourth-order valence-electron chi connectivity index (χ4n) is 2.38. The van der Waals surface area contributed by atoms with E-state index in [0.717, 1.165) is 5.56 Å². The molecule has 0 aliphatic carbocycles. The molecule has 0 bridgehead atoms. The number of furan rings is 1. The molecular weight excluding hydrogens is 324 g/mol. The van der Waals surface area contributed by atoms with Crippen molar-refractivity contribution in [3.63, 3.8) is 0 Å². The Balaban J connectivity index is 2.04. The molecule has 0 atom stereocenters. The van der Waals surface area contributed by atoms with Crippen LogP contribution in [0.25, 0.3) is 22.5 Å². The molecule has 2 heterocycles. The maximum absolute atomic E-state index is 12.8. The quantitative estimate of drug-likeness (QED) is 0.636. The van der Waals surface area contributed by atoms with Gasteiger partial charge in [0.2, 0.25) is 16.9 Å². The van der Waals surface area contributed by atoms with Gasteiger partial charge in [0, 0.05) is 0 Å². The Kier molecular flexibility index (Phi) is 4.88. The molecule has 0 saturated carbocycles. The molecule has 0 radical (unpaired) electrons. The van der Waals surface area contributed by atoms with Crippen molar-refractivity contribution in [2.75, 3.05) is 13.2 Å². The minimum absolute atomic E-state index is 0.0681. The maximum atomic E-state index is 12.8. The fourth-order valence-corrected chi connectivity index (χ4v) is 2.38. The normalized spacial score (nSPS) is 10.8. The number of esters is 1. The zero-order valence-electron chi connectivity index (χ0n) is 14.0. The maximum Gasteiger partial charge on any atom is 0.344 e. The van der Waals surface area contributed by atoms with E-state index in [4.69, 9.17) is 18.3 Å². The van der Waals surface area contributed by atoms with Crippen LogP contribution in [0.4, 0.5) is 0 Å². The van der Waals surface area contributed by atoms with Crippen LogP contribution >= 0.6 is 0 Å². The van der Waals surface area contributed by atoms with Gasteiger partial charge in [0.25, 0.3) is 0 Å². The SMILES string of the molecule is CCCOC(=O)COc1c(-c2ccco2)oc2ccc(C)cc2c1=O. The summed E-state index contributed by atoms with van der Waals surface area (Å²) in [6, 6.07) is 8.61. The third kappa shape index (κ3) is 3.57. The molecule has 0 aliphatic rings. The lowest BCUT2D eigenvalue weighted by Gasteiger charge is -2.10. The lowest BCUT2D eigenvalue weighted by Crippen LogP contribution is -2.19. The first-order valence-corrected chi connectivity index (χ1v) is 8.00. The van der Waals surface area contributed by atoms with Crippen molar-refractivity contribution in [2.45, 2.75) is 20.3 Å². The van der Waals surface area contributed by atoms with Crippen LogP contribution in [-0.2, 0) is 9.53 Å². The molecule has 3 aromatic rings. The highest BCUT2D eigenvalue weighted by atomic mass is 16.6. The van der Waals surface area contributed by atoms with Gasteiger partial charge in [-0.15, -0.1) is 0 Å². The molecule has 0 spiro atoms. The molecule has 6 heteroatoms. The zero-order valence-corrected chi connectivity index (χ0v) is 14.0. The van der Waals surface area contributed by atoms with Gasteiger partial charge in [-0.05, 0) is 37.6 Å². The molecule has 3 rings (SSSR count). The predicted molar refractivity (Wildman–Crippen MR) is 91.7 cm³/mol.